The number of carbonyl (C=O) groups is 1. The molecular formula is C15H19F3N2O. The van der Waals surface area contributed by atoms with Crippen LogP contribution in [0, 0.1) is 0 Å². The molecule has 0 aromatic heterocycles. The van der Waals surface area contributed by atoms with Gasteiger partial charge in [0, 0.05) is 6.54 Å². The zero-order chi connectivity index (χ0) is 15.5. The van der Waals surface area contributed by atoms with Crippen LogP contribution in [0.1, 0.15) is 36.8 Å². The molecule has 1 aliphatic carbocycles. The maximum Gasteiger partial charge on any atom is 0.416 e. The summed E-state index contributed by atoms with van der Waals surface area (Å²) in [5.74, 6) is -0.192. The Bertz CT molecular complexity index is 491. The topological polar surface area (TPSA) is 55.1 Å². The van der Waals surface area contributed by atoms with Crippen LogP contribution in [0.2, 0.25) is 0 Å². The van der Waals surface area contributed by atoms with E-state index in [4.69, 9.17) is 5.73 Å². The van der Waals surface area contributed by atoms with Crippen LogP contribution >= 0.6 is 0 Å². The Morgan fingerprint density at radius 1 is 1.19 bits per heavy atom. The van der Waals surface area contributed by atoms with Crippen LogP contribution in [0.15, 0.2) is 24.3 Å². The van der Waals surface area contributed by atoms with Crippen molar-refractivity contribution in [1.29, 1.82) is 0 Å². The van der Waals surface area contributed by atoms with Crippen LogP contribution in [0.3, 0.4) is 0 Å². The molecule has 1 aromatic carbocycles. The standard InChI is InChI=1S/C15H19F3N2O/c16-15(17,18)12-5-3-11(4-6-12)9-13(21)20-14(10-19)7-1-2-8-14/h3-6H,1-2,7-10,19H2,(H,20,21). The Morgan fingerprint density at radius 2 is 1.76 bits per heavy atom. The summed E-state index contributed by atoms with van der Waals surface area (Å²) in [6, 6.07) is 4.67. The molecule has 1 saturated carbocycles. The molecule has 1 aromatic rings. The van der Waals surface area contributed by atoms with Crippen molar-refractivity contribution < 1.29 is 18.0 Å². The lowest BCUT2D eigenvalue weighted by Gasteiger charge is -2.28. The summed E-state index contributed by atoms with van der Waals surface area (Å²) < 4.78 is 37.4. The number of halogens is 3. The van der Waals surface area contributed by atoms with Gasteiger partial charge in [-0.15, -0.1) is 0 Å². The minimum atomic E-state index is -4.35. The van der Waals surface area contributed by atoms with Crippen LogP contribution in [0.25, 0.3) is 0 Å². The van der Waals surface area contributed by atoms with Gasteiger partial charge in [0.2, 0.25) is 5.91 Å². The number of rotatable bonds is 4. The molecule has 116 valence electrons. The van der Waals surface area contributed by atoms with Crippen LogP contribution in [-0.2, 0) is 17.4 Å². The highest BCUT2D eigenvalue weighted by Gasteiger charge is 2.34. The smallest absolute Gasteiger partial charge is 0.349 e. The molecule has 1 aliphatic rings. The van der Waals surface area contributed by atoms with Crippen LogP contribution in [0.4, 0.5) is 13.2 Å². The third-order valence-electron chi connectivity index (χ3n) is 4.00. The number of amides is 1. The van der Waals surface area contributed by atoms with Gasteiger partial charge in [0.05, 0.1) is 17.5 Å². The average molecular weight is 300 g/mol. The summed E-state index contributed by atoms with van der Waals surface area (Å²) in [5.41, 5.74) is 5.26. The maximum atomic E-state index is 12.5. The van der Waals surface area contributed by atoms with E-state index in [1.807, 2.05) is 0 Å². The number of benzene rings is 1. The first-order valence-electron chi connectivity index (χ1n) is 7.02. The molecule has 3 N–H and O–H groups in total. The zero-order valence-electron chi connectivity index (χ0n) is 11.7. The zero-order valence-corrected chi connectivity index (χ0v) is 11.7. The summed E-state index contributed by atoms with van der Waals surface area (Å²) in [6.45, 7) is 0.395. The third kappa shape index (κ3) is 3.97. The van der Waals surface area contributed by atoms with Crippen molar-refractivity contribution in [3.63, 3.8) is 0 Å². The van der Waals surface area contributed by atoms with E-state index in [1.165, 1.54) is 12.1 Å². The van der Waals surface area contributed by atoms with Gasteiger partial charge in [-0.3, -0.25) is 4.79 Å². The summed E-state index contributed by atoms with van der Waals surface area (Å²) >= 11 is 0. The van der Waals surface area contributed by atoms with E-state index in [-0.39, 0.29) is 17.9 Å². The van der Waals surface area contributed by atoms with Crippen molar-refractivity contribution in [3.05, 3.63) is 35.4 Å². The highest BCUT2D eigenvalue weighted by Crippen LogP contribution is 2.30. The van der Waals surface area contributed by atoms with Crippen molar-refractivity contribution in [2.45, 2.75) is 43.8 Å². The van der Waals surface area contributed by atoms with Crippen molar-refractivity contribution in [1.82, 2.24) is 5.32 Å². The van der Waals surface area contributed by atoms with E-state index >= 15 is 0 Å². The molecule has 0 spiro atoms. The van der Waals surface area contributed by atoms with Gasteiger partial charge < -0.3 is 11.1 Å². The molecule has 3 nitrogen and oxygen atoms in total. The van der Waals surface area contributed by atoms with Gasteiger partial charge in [-0.05, 0) is 30.5 Å². The molecule has 0 aliphatic heterocycles. The Kier molecular flexibility index (Phi) is 4.56. The van der Waals surface area contributed by atoms with Crippen LogP contribution in [-0.4, -0.2) is 18.0 Å². The van der Waals surface area contributed by atoms with Gasteiger partial charge in [0.15, 0.2) is 0 Å². The average Bonchev–Trinajstić information content (AvgIpc) is 2.87. The van der Waals surface area contributed by atoms with Crippen molar-refractivity contribution in [2.75, 3.05) is 6.54 Å². The van der Waals surface area contributed by atoms with Crippen molar-refractivity contribution in [3.8, 4) is 0 Å². The van der Waals surface area contributed by atoms with Gasteiger partial charge in [-0.2, -0.15) is 13.2 Å². The highest BCUT2D eigenvalue weighted by atomic mass is 19.4. The monoisotopic (exact) mass is 300 g/mol. The van der Waals surface area contributed by atoms with Crippen LogP contribution < -0.4 is 11.1 Å². The summed E-state index contributed by atoms with van der Waals surface area (Å²) in [4.78, 5) is 12.0. The lowest BCUT2D eigenvalue weighted by Crippen LogP contribution is -2.52. The van der Waals surface area contributed by atoms with Crippen LogP contribution in [0.5, 0.6) is 0 Å². The number of alkyl halides is 3. The van der Waals surface area contributed by atoms with E-state index in [0.717, 1.165) is 37.8 Å². The van der Waals surface area contributed by atoms with Gasteiger partial charge in [-0.25, -0.2) is 0 Å². The molecule has 0 bridgehead atoms. The molecule has 0 saturated heterocycles. The summed E-state index contributed by atoms with van der Waals surface area (Å²) in [5, 5.41) is 2.95. The number of hydrogen-bond acceptors (Lipinski definition) is 2. The number of nitrogens with two attached hydrogens (primary N) is 1. The minimum Gasteiger partial charge on any atom is -0.349 e. The molecule has 21 heavy (non-hydrogen) atoms. The van der Waals surface area contributed by atoms with E-state index in [2.05, 4.69) is 5.32 Å². The first-order chi connectivity index (χ1) is 9.85. The predicted molar refractivity (Wildman–Crippen MR) is 73.5 cm³/mol. The lowest BCUT2D eigenvalue weighted by atomic mass is 9.97. The Labute approximate surface area is 121 Å². The number of carbonyl (C=O) groups excluding carboxylic acids is 1. The third-order valence-corrected chi connectivity index (χ3v) is 4.00. The molecule has 6 heteroatoms. The Hall–Kier alpha value is -1.56. The molecule has 0 unspecified atom stereocenters. The van der Waals surface area contributed by atoms with E-state index in [0.29, 0.717) is 12.1 Å². The Balaban J connectivity index is 1.96. The first-order valence-corrected chi connectivity index (χ1v) is 7.02. The van der Waals surface area contributed by atoms with Gasteiger partial charge in [0.25, 0.3) is 0 Å². The SMILES string of the molecule is NCC1(NC(=O)Cc2ccc(C(F)(F)F)cc2)CCCC1. The fourth-order valence-corrected chi connectivity index (χ4v) is 2.77. The molecule has 1 fully saturated rings. The molecule has 0 heterocycles. The van der Waals surface area contributed by atoms with Crippen molar-refractivity contribution in [2.24, 2.45) is 5.73 Å². The van der Waals surface area contributed by atoms with Gasteiger partial charge in [0.1, 0.15) is 0 Å². The molecule has 2 rings (SSSR count). The summed E-state index contributed by atoms with van der Waals surface area (Å²) in [7, 11) is 0. The largest absolute Gasteiger partial charge is 0.416 e. The normalized spacial score (nSPS) is 17.7. The Morgan fingerprint density at radius 3 is 2.24 bits per heavy atom. The van der Waals surface area contributed by atoms with E-state index < -0.39 is 11.7 Å². The lowest BCUT2D eigenvalue weighted by molar-refractivity contribution is -0.137. The molecule has 0 atom stereocenters. The number of nitrogens with one attached hydrogen (secondary N) is 1. The maximum absolute atomic E-state index is 12.5. The second kappa shape index (κ2) is 6.05. The minimum absolute atomic E-state index is 0.0693. The fourth-order valence-electron chi connectivity index (χ4n) is 2.77. The number of hydrogen-bond donors (Lipinski definition) is 2. The van der Waals surface area contributed by atoms with E-state index in [9.17, 15) is 18.0 Å². The second-order valence-electron chi connectivity index (χ2n) is 5.61. The molecule has 1 amide bonds. The van der Waals surface area contributed by atoms with E-state index in [1.54, 1.807) is 0 Å². The first kappa shape index (κ1) is 15.8. The quantitative estimate of drug-likeness (QED) is 0.898. The summed E-state index contributed by atoms with van der Waals surface area (Å²) in [6.07, 6.45) is -0.478. The molecule has 0 radical (unpaired) electrons. The second-order valence-corrected chi connectivity index (χ2v) is 5.61. The predicted octanol–water partition coefficient (Wildman–Crippen LogP) is 2.64. The van der Waals surface area contributed by atoms with Gasteiger partial charge in [-0.1, -0.05) is 25.0 Å². The van der Waals surface area contributed by atoms with Gasteiger partial charge >= 0.3 is 6.18 Å². The highest BCUT2D eigenvalue weighted by molar-refractivity contribution is 5.79. The molecular weight excluding hydrogens is 281 g/mol. The van der Waals surface area contributed by atoms with Crippen molar-refractivity contribution >= 4 is 5.91 Å². The fraction of sp³-hybridized carbons (Fsp3) is 0.533.